The molecule has 2 aromatic heterocycles. The van der Waals surface area contributed by atoms with Gasteiger partial charge in [0.15, 0.2) is 11.5 Å². The van der Waals surface area contributed by atoms with Gasteiger partial charge in [-0.2, -0.15) is 0 Å². The van der Waals surface area contributed by atoms with Crippen LogP contribution >= 0.6 is 0 Å². The van der Waals surface area contributed by atoms with Crippen LogP contribution in [0.15, 0.2) is 30.5 Å². The van der Waals surface area contributed by atoms with Crippen molar-refractivity contribution in [3.8, 4) is 11.5 Å². The first-order valence-corrected chi connectivity index (χ1v) is 9.97. The second-order valence-corrected chi connectivity index (χ2v) is 7.09. The van der Waals surface area contributed by atoms with E-state index in [0.29, 0.717) is 68.1 Å². The summed E-state index contributed by atoms with van der Waals surface area (Å²) in [7, 11) is 1.87. The molecule has 0 radical (unpaired) electrons. The minimum absolute atomic E-state index is 0.0741. The Morgan fingerprint density at radius 3 is 2.67 bits per heavy atom. The summed E-state index contributed by atoms with van der Waals surface area (Å²) in [6.07, 6.45) is 1.85. The maximum Gasteiger partial charge on any atom is 0.257 e. The number of H-pyrrole nitrogens is 1. The van der Waals surface area contributed by atoms with Crippen LogP contribution in [0.25, 0.3) is 11.0 Å². The van der Waals surface area contributed by atoms with E-state index in [1.807, 2.05) is 31.4 Å². The van der Waals surface area contributed by atoms with Gasteiger partial charge in [0.25, 0.3) is 5.91 Å². The van der Waals surface area contributed by atoms with E-state index in [4.69, 9.17) is 14.2 Å². The topological polar surface area (TPSA) is 101 Å². The molecule has 156 valence electrons. The van der Waals surface area contributed by atoms with Crippen molar-refractivity contribution in [3.05, 3.63) is 36.0 Å². The summed E-state index contributed by atoms with van der Waals surface area (Å²) in [4.78, 5) is 22.6. The summed E-state index contributed by atoms with van der Waals surface area (Å²) < 4.78 is 17.1. The van der Waals surface area contributed by atoms with Crippen molar-refractivity contribution in [1.82, 2.24) is 14.9 Å². The molecule has 1 aromatic carbocycles. The van der Waals surface area contributed by atoms with Gasteiger partial charge in [0.1, 0.15) is 24.7 Å². The molecule has 4 heterocycles. The van der Waals surface area contributed by atoms with Crippen molar-refractivity contribution in [1.29, 1.82) is 0 Å². The normalized spacial score (nSPS) is 15.8. The lowest BCUT2D eigenvalue weighted by Crippen LogP contribution is -2.41. The highest BCUT2D eigenvalue weighted by molar-refractivity contribution is 5.99. The number of nitrogens with one attached hydrogen (secondary N) is 3. The summed E-state index contributed by atoms with van der Waals surface area (Å²) in [5.74, 6) is 1.57. The molecule has 30 heavy (non-hydrogen) atoms. The Morgan fingerprint density at radius 2 is 1.87 bits per heavy atom. The fourth-order valence-corrected chi connectivity index (χ4v) is 3.79. The standard InChI is InChI=1S/C21H23N5O4/c1-22-16-12-17(25-20-13(16)4-5-23-20)24-15-3-2-14(18-19(15)30-11-10-29-18)21(27)26-6-8-28-9-7-26/h2-5,12H,6-11H2,1H3,(H3,22,23,24,25). The monoisotopic (exact) mass is 409 g/mol. The molecular weight excluding hydrogens is 386 g/mol. The van der Waals surface area contributed by atoms with Crippen molar-refractivity contribution >= 4 is 34.1 Å². The zero-order chi connectivity index (χ0) is 20.5. The van der Waals surface area contributed by atoms with E-state index in [0.717, 1.165) is 16.7 Å². The number of ether oxygens (including phenoxy) is 3. The Kier molecular flexibility index (Phi) is 4.80. The highest BCUT2D eigenvalue weighted by atomic mass is 16.6. The molecule has 0 atom stereocenters. The highest BCUT2D eigenvalue weighted by Crippen LogP contribution is 2.42. The zero-order valence-corrected chi connectivity index (χ0v) is 16.7. The Balaban J connectivity index is 1.50. The Morgan fingerprint density at radius 1 is 1.07 bits per heavy atom. The van der Waals surface area contributed by atoms with Crippen LogP contribution in [0.5, 0.6) is 11.5 Å². The molecule has 1 saturated heterocycles. The first kappa shape index (κ1) is 18.6. The maximum absolute atomic E-state index is 13.0. The summed E-state index contributed by atoms with van der Waals surface area (Å²) in [6, 6.07) is 7.52. The number of aromatic amines is 1. The number of carbonyl (C=O) groups is 1. The number of benzene rings is 1. The largest absolute Gasteiger partial charge is 0.485 e. The lowest BCUT2D eigenvalue weighted by atomic mass is 10.1. The average molecular weight is 409 g/mol. The molecule has 9 heteroatoms. The number of amides is 1. The third-order valence-electron chi connectivity index (χ3n) is 5.28. The number of carbonyl (C=O) groups excluding carboxylic acids is 1. The number of aromatic nitrogens is 2. The molecule has 1 fully saturated rings. The number of hydrogen-bond acceptors (Lipinski definition) is 7. The molecule has 0 unspecified atom stereocenters. The third kappa shape index (κ3) is 3.26. The zero-order valence-electron chi connectivity index (χ0n) is 16.7. The number of nitrogens with zero attached hydrogens (tertiary/aromatic N) is 2. The minimum atomic E-state index is -0.0741. The quantitative estimate of drug-likeness (QED) is 0.609. The summed E-state index contributed by atoms with van der Waals surface area (Å²) in [6.45, 7) is 3.05. The summed E-state index contributed by atoms with van der Waals surface area (Å²) in [5.41, 5.74) is 2.92. The molecule has 0 spiro atoms. The molecule has 0 bridgehead atoms. The van der Waals surface area contributed by atoms with E-state index in [2.05, 4.69) is 20.6 Å². The average Bonchev–Trinajstić information content (AvgIpc) is 3.27. The number of rotatable bonds is 4. The molecule has 3 N–H and O–H groups in total. The van der Waals surface area contributed by atoms with E-state index in [9.17, 15) is 4.79 Å². The fourth-order valence-electron chi connectivity index (χ4n) is 3.79. The summed E-state index contributed by atoms with van der Waals surface area (Å²) >= 11 is 0. The van der Waals surface area contributed by atoms with Gasteiger partial charge in [-0.15, -0.1) is 0 Å². The van der Waals surface area contributed by atoms with Crippen molar-refractivity contribution < 1.29 is 19.0 Å². The number of fused-ring (bicyclic) bond motifs is 2. The number of morpholine rings is 1. The summed E-state index contributed by atoms with van der Waals surface area (Å²) in [5, 5.41) is 7.51. The predicted molar refractivity (Wildman–Crippen MR) is 113 cm³/mol. The molecule has 2 aliphatic heterocycles. The maximum atomic E-state index is 13.0. The van der Waals surface area contributed by atoms with E-state index in [1.54, 1.807) is 11.0 Å². The van der Waals surface area contributed by atoms with Gasteiger partial charge in [-0.3, -0.25) is 4.79 Å². The second-order valence-electron chi connectivity index (χ2n) is 7.09. The van der Waals surface area contributed by atoms with Crippen LogP contribution < -0.4 is 20.1 Å². The lowest BCUT2D eigenvalue weighted by Gasteiger charge is -2.29. The molecule has 1 amide bonds. The van der Waals surface area contributed by atoms with Crippen molar-refractivity contribution in [2.75, 3.05) is 57.2 Å². The number of hydrogen-bond donors (Lipinski definition) is 3. The molecule has 5 rings (SSSR count). The van der Waals surface area contributed by atoms with Crippen molar-refractivity contribution in [2.45, 2.75) is 0 Å². The lowest BCUT2D eigenvalue weighted by molar-refractivity contribution is 0.0298. The van der Waals surface area contributed by atoms with Crippen LogP contribution in [0.3, 0.4) is 0 Å². The minimum Gasteiger partial charge on any atom is -0.485 e. The number of pyridine rings is 1. The van der Waals surface area contributed by atoms with E-state index in [1.165, 1.54) is 0 Å². The van der Waals surface area contributed by atoms with Crippen LogP contribution in [-0.4, -0.2) is 67.3 Å². The first-order chi connectivity index (χ1) is 14.7. The Bertz CT molecular complexity index is 1090. The SMILES string of the molecule is CNc1cc(Nc2ccc(C(=O)N3CCOCC3)c3c2OCCO3)nc2[nH]ccc12. The molecule has 3 aromatic rings. The highest BCUT2D eigenvalue weighted by Gasteiger charge is 2.28. The van der Waals surface area contributed by atoms with Crippen LogP contribution in [0, 0.1) is 0 Å². The van der Waals surface area contributed by atoms with Gasteiger partial charge in [0, 0.05) is 43.5 Å². The van der Waals surface area contributed by atoms with Gasteiger partial charge in [0.2, 0.25) is 0 Å². The second kappa shape index (κ2) is 7.75. The van der Waals surface area contributed by atoms with Crippen molar-refractivity contribution in [2.24, 2.45) is 0 Å². The van der Waals surface area contributed by atoms with Gasteiger partial charge in [-0.25, -0.2) is 4.98 Å². The van der Waals surface area contributed by atoms with E-state index >= 15 is 0 Å². The third-order valence-corrected chi connectivity index (χ3v) is 5.28. The smallest absolute Gasteiger partial charge is 0.257 e. The van der Waals surface area contributed by atoms with Gasteiger partial charge < -0.3 is 34.7 Å². The van der Waals surface area contributed by atoms with Gasteiger partial charge in [0.05, 0.1) is 24.5 Å². The molecule has 9 nitrogen and oxygen atoms in total. The molecule has 0 aliphatic carbocycles. The van der Waals surface area contributed by atoms with Crippen LogP contribution in [0.4, 0.5) is 17.2 Å². The van der Waals surface area contributed by atoms with Crippen LogP contribution in [0.2, 0.25) is 0 Å². The first-order valence-electron chi connectivity index (χ1n) is 9.97. The van der Waals surface area contributed by atoms with Crippen molar-refractivity contribution in [3.63, 3.8) is 0 Å². The predicted octanol–water partition coefficient (Wildman–Crippen LogP) is 2.59. The van der Waals surface area contributed by atoms with Gasteiger partial charge in [-0.05, 0) is 18.2 Å². The molecule has 2 aliphatic rings. The Hall–Kier alpha value is -3.46. The van der Waals surface area contributed by atoms with E-state index < -0.39 is 0 Å². The Labute approximate surface area is 173 Å². The van der Waals surface area contributed by atoms with E-state index in [-0.39, 0.29) is 5.91 Å². The van der Waals surface area contributed by atoms with Gasteiger partial charge >= 0.3 is 0 Å². The number of anilines is 3. The fraction of sp³-hybridized carbons (Fsp3) is 0.333. The molecule has 0 saturated carbocycles. The van der Waals surface area contributed by atoms with Crippen LogP contribution in [0.1, 0.15) is 10.4 Å². The van der Waals surface area contributed by atoms with Gasteiger partial charge in [-0.1, -0.05) is 0 Å². The van der Waals surface area contributed by atoms with Crippen LogP contribution in [-0.2, 0) is 4.74 Å². The molecular formula is C21H23N5O4.